The lowest BCUT2D eigenvalue weighted by Gasteiger charge is -2.06. The van der Waals surface area contributed by atoms with Crippen molar-refractivity contribution in [2.24, 2.45) is 0 Å². The summed E-state index contributed by atoms with van der Waals surface area (Å²) in [6.07, 6.45) is 0. The Morgan fingerprint density at radius 2 is 1.81 bits per heavy atom. The first kappa shape index (κ1) is 17.5. The summed E-state index contributed by atoms with van der Waals surface area (Å²) in [7, 11) is 0. The van der Waals surface area contributed by atoms with Crippen molar-refractivity contribution in [3.63, 3.8) is 0 Å². The number of oxazole rings is 1. The van der Waals surface area contributed by atoms with Gasteiger partial charge in [-0.25, -0.2) is 4.79 Å². The van der Waals surface area contributed by atoms with Crippen LogP contribution in [0, 0.1) is 12.1 Å². The lowest BCUT2D eigenvalue weighted by molar-refractivity contribution is -0.599. The van der Waals surface area contributed by atoms with Crippen molar-refractivity contribution < 1.29 is 23.4 Å². The molecule has 3 rings (SSSR count). The maximum absolute atomic E-state index is 12.4. The molecule has 0 bridgehead atoms. The molecule has 6 heteroatoms. The van der Waals surface area contributed by atoms with Crippen molar-refractivity contribution in [1.82, 2.24) is 0 Å². The molecule has 0 fully saturated rings. The zero-order chi connectivity index (χ0) is 18.5. The van der Waals surface area contributed by atoms with Gasteiger partial charge < -0.3 is 19.1 Å². The smallest absolute Gasteiger partial charge is 0.408 e. The Balaban J connectivity index is 1.76. The van der Waals surface area contributed by atoms with Gasteiger partial charge in [0.05, 0.1) is 12.2 Å². The average molecular weight is 353 g/mol. The van der Waals surface area contributed by atoms with E-state index in [1.807, 2.05) is 30.3 Å². The summed E-state index contributed by atoms with van der Waals surface area (Å²) in [5.41, 5.74) is 1.48. The molecule has 3 aromatic rings. The summed E-state index contributed by atoms with van der Waals surface area (Å²) < 4.78 is 16.6. The standard InChI is InChI=1S/C20H19NO5/c1-3-24-20(22)18-14(2)26-19(21(18)23)16-9-11-17(12-10-16)25-13-15-7-5-4-6-8-15/h4-12H,3,13H2,1-2H3. The van der Waals surface area contributed by atoms with E-state index in [4.69, 9.17) is 13.9 Å². The number of carbonyl (C=O) groups is 1. The molecule has 0 amide bonds. The van der Waals surface area contributed by atoms with E-state index in [0.717, 1.165) is 5.56 Å². The van der Waals surface area contributed by atoms with Crippen LogP contribution >= 0.6 is 0 Å². The fraction of sp³-hybridized carbons (Fsp3) is 0.200. The largest absolute Gasteiger partial charge is 0.615 e. The lowest BCUT2D eigenvalue weighted by Crippen LogP contribution is -2.35. The van der Waals surface area contributed by atoms with Crippen LogP contribution in [0.4, 0.5) is 0 Å². The summed E-state index contributed by atoms with van der Waals surface area (Å²) in [6.45, 7) is 3.87. The highest BCUT2D eigenvalue weighted by atomic mass is 16.5. The van der Waals surface area contributed by atoms with E-state index < -0.39 is 5.97 Å². The van der Waals surface area contributed by atoms with Crippen molar-refractivity contribution in [3.8, 4) is 17.2 Å². The van der Waals surface area contributed by atoms with Crippen molar-refractivity contribution in [3.05, 3.63) is 76.8 Å². The normalized spacial score (nSPS) is 10.5. The van der Waals surface area contributed by atoms with Crippen molar-refractivity contribution >= 4 is 5.97 Å². The Hall–Kier alpha value is -3.28. The number of hydrogen-bond acceptors (Lipinski definition) is 5. The van der Waals surface area contributed by atoms with E-state index in [9.17, 15) is 10.0 Å². The molecule has 1 heterocycles. The highest BCUT2D eigenvalue weighted by molar-refractivity contribution is 5.87. The van der Waals surface area contributed by atoms with Crippen LogP contribution in [0.5, 0.6) is 5.75 Å². The van der Waals surface area contributed by atoms with Gasteiger partial charge in [0.2, 0.25) is 0 Å². The van der Waals surface area contributed by atoms with Gasteiger partial charge in [0, 0.05) is 6.92 Å². The van der Waals surface area contributed by atoms with E-state index in [2.05, 4.69) is 0 Å². The summed E-state index contributed by atoms with van der Waals surface area (Å²) in [5, 5.41) is 12.4. The van der Waals surface area contributed by atoms with Gasteiger partial charge in [0.25, 0.3) is 0 Å². The van der Waals surface area contributed by atoms with Gasteiger partial charge >= 0.3 is 17.6 Å². The minimum absolute atomic E-state index is 0.0418. The Bertz CT molecular complexity index is 885. The molecule has 26 heavy (non-hydrogen) atoms. The number of ether oxygens (including phenoxy) is 2. The van der Waals surface area contributed by atoms with Gasteiger partial charge in [-0.05, 0) is 36.8 Å². The zero-order valence-electron chi connectivity index (χ0n) is 14.6. The van der Waals surface area contributed by atoms with Crippen LogP contribution in [0.15, 0.2) is 59.0 Å². The first-order valence-corrected chi connectivity index (χ1v) is 8.27. The van der Waals surface area contributed by atoms with Crippen molar-refractivity contribution in [2.45, 2.75) is 20.5 Å². The second-order valence-corrected chi connectivity index (χ2v) is 5.63. The molecule has 0 aliphatic heterocycles. The fourth-order valence-electron chi connectivity index (χ4n) is 2.52. The third-order valence-electron chi connectivity index (χ3n) is 3.79. The molecule has 0 aliphatic rings. The summed E-state index contributed by atoms with van der Waals surface area (Å²) in [4.78, 5) is 11.9. The minimum Gasteiger partial charge on any atom is -0.615 e. The third kappa shape index (κ3) is 3.69. The Kier molecular flexibility index (Phi) is 5.22. The summed E-state index contributed by atoms with van der Waals surface area (Å²) >= 11 is 0. The topological polar surface area (TPSA) is 75.6 Å². The highest BCUT2D eigenvalue weighted by Crippen LogP contribution is 2.23. The van der Waals surface area contributed by atoms with Crippen LogP contribution in [0.1, 0.15) is 28.7 Å². The number of carbonyl (C=O) groups excluding carboxylic acids is 1. The van der Waals surface area contributed by atoms with Crippen molar-refractivity contribution in [2.75, 3.05) is 6.61 Å². The van der Waals surface area contributed by atoms with Crippen LogP contribution in [-0.4, -0.2) is 12.6 Å². The van der Waals surface area contributed by atoms with Gasteiger partial charge in [-0.2, -0.15) is 0 Å². The molecule has 0 unspecified atom stereocenters. The molecule has 0 saturated carbocycles. The van der Waals surface area contributed by atoms with Gasteiger partial charge in [0.15, 0.2) is 5.76 Å². The SMILES string of the molecule is CCOC(=O)c1c(C)oc(-c2ccc(OCc3ccccc3)cc2)[n+]1[O-]. The lowest BCUT2D eigenvalue weighted by atomic mass is 10.2. The number of hydrogen-bond donors (Lipinski definition) is 0. The fourth-order valence-corrected chi connectivity index (χ4v) is 2.52. The molecule has 0 saturated heterocycles. The second-order valence-electron chi connectivity index (χ2n) is 5.63. The van der Waals surface area contributed by atoms with Gasteiger partial charge in [-0.3, -0.25) is 0 Å². The average Bonchev–Trinajstić information content (AvgIpc) is 2.96. The monoisotopic (exact) mass is 353 g/mol. The number of nitrogens with zero attached hydrogens (tertiary/aromatic N) is 1. The number of rotatable bonds is 6. The molecule has 0 aliphatic carbocycles. The molecule has 1 aromatic heterocycles. The molecule has 0 atom stereocenters. The molecule has 0 radical (unpaired) electrons. The minimum atomic E-state index is -0.696. The zero-order valence-corrected chi connectivity index (χ0v) is 14.6. The summed E-state index contributed by atoms with van der Waals surface area (Å²) in [6, 6.07) is 16.7. The molecule has 0 N–H and O–H groups in total. The predicted molar refractivity (Wildman–Crippen MR) is 94.6 cm³/mol. The molecular formula is C20H19NO5. The number of benzene rings is 2. The third-order valence-corrected chi connectivity index (χ3v) is 3.79. The molecule has 6 nitrogen and oxygen atoms in total. The van der Waals surface area contributed by atoms with Gasteiger partial charge in [-0.15, -0.1) is 4.73 Å². The van der Waals surface area contributed by atoms with Gasteiger partial charge in [0.1, 0.15) is 12.4 Å². The van der Waals surface area contributed by atoms with E-state index in [1.54, 1.807) is 38.1 Å². The van der Waals surface area contributed by atoms with Crippen LogP contribution < -0.4 is 9.47 Å². The predicted octanol–water partition coefficient (Wildman–Crippen LogP) is 3.64. The molecular weight excluding hydrogens is 334 g/mol. The Morgan fingerprint density at radius 3 is 2.46 bits per heavy atom. The van der Waals surface area contributed by atoms with Crippen molar-refractivity contribution in [1.29, 1.82) is 0 Å². The summed E-state index contributed by atoms with van der Waals surface area (Å²) in [5.74, 6) is 0.236. The molecule has 0 spiro atoms. The number of esters is 1. The second kappa shape index (κ2) is 7.74. The number of aromatic nitrogens is 1. The van der Waals surface area contributed by atoms with Crippen LogP contribution in [-0.2, 0) is 11.3 Å². The first-order chi connectivity index (χ1) is 12.6. The van der Waals surface area contributed by atoms with E-state index in [-0.39, 0.29) is 24.0 Å². The molecule has 2 aromatic carbocycles. The van der Waals surface area contributed by atoms with Crippen LogP contribution in [0.3, 0.4) is 0 Å². The van der Waals surface area contributed by atoms with Crippen LogP contribution in [0.25, 0.3) is 11.5 Å². The van der Waals surface area contributed by atoms with E-state index in [0.29, 0.717) is 22.7 Å². The van der Waals surface area contributed by atoms with E-state index in [1.165, 1.54) is 0 Å². The Labute approximate surface area is 151 Å². The Morgan fingerprint density at radius 1 is 1.12 bits per heavy atom. The highest BCUT2D eigenvalue weighted by Gasteiger charge is 2.30. The van der Waals surface area contributed by atoms with Gasteiger partial charge in [-0.1, -0.05) is 30.3 Å². The maximum Gasteiger partial charge on any atom is 0.408 e. The molecule has 134 valence electrons. The maximum atomic E-state index is 12.4. The quantitative estimate of drug-likeness (QED) is 0.384. The first-order valence-electron chi connectivity index (χ1n) is 8.27. The number of aryl methyl sites for hydroxylation is 1. The van der Waals surface area contributed by atoms with E-state index >= 15 is 0 Å². The van der Waals surface area contributed by atoms with Crippen LogP contribution in [0.2, 0.25) is 0 Å².